The molecule has 2 aromatic rings. The molecule has 0 saturated heterocycles. The van der Waals surface area contributed by atoms with Crippen LogP contribution >= 0.6 is 11.8 Å². The van der Waals surface area contributed by atoms with E-state index in [0.29, 0.717) is 22.1 Å². The summed E-state index contributed by atoms with van der Waals surface area (Å²) in [6.07, 6.45) is -4.40. The number of fused-ring (bicyclic) bond motifs is 1. The zero-order chi connectivity index (χ0) is 17.2. The third-order valence-corrected chi connectivity index (χ3v) is 4.18. The van der Waals surface area contributed by atoms with Crippen molar-refractivity contribution in [3.8, 4) is 11.5 Å². The van der Waals surface area contributed by atoms with E-state index in [1.54, 1.807) is 18.2 Å². The van der Waals surface area contributed by atoms with Crippen molar-refractivity contribution < 1.29 is 27.4 Å². The van der Waals surface area contributed by atoms with Gasteiger partial charge in [0, 0.05) is 16.6 Å². The molecule has 0 unspecified atom stereocenters. The molecule has 0 saturated carbocycles. The SMILES string of the molecule is O=C(CSc1cccc(C(F)(F)F)c1)Nc1ccc2c(c1)OCO2. The monoisotopic (exact) mass is 355 g/mol. The van der Waals surface area contributed by atoms with Crippen LogP contribution in [0.15, 0.2) is 47.4 Å². The van der Waals surface area contributed by atoms with E-state index in [-0.39, 0.29) is 18.5 Å². The van der Waals surface area contributed by atoms with Crippen LogP contribution in [0.5, 0.6) is 11.5 Å². The van der Waals surface area contributed by atoms with Crippen molar-refractivity contribution >= 4 is 23.4 Å². The number of nitrogens with one attached hydrogen (secondary N) is 1. The van der Waals surface area contributed by atoms with Crippen molar-refractivity contribution in [1.29, 1.82) is 0 Å². The second-order valence-corrected chi connectivity index (χ2v) is 5.98. The van der Waals surface area contributed by atoms with Crippen molar-refractivity contribution in [1.82, 2.24) is 0 Å². The molecular weight excluding hydrogens is 343 g/mol. The molecule has 4 nitrogen and oxygen atoms in total. The molecule has 0 spiro atoms. The Labute approximate surface area is 140 Å². The van der Waals surface area contributed by atoms with Crippen LogP contribution in [0, 0.1) is 0 Å². The van der Waals surface area contributed by atoms with E-state index in [2.05, 4.69) is 5.32 Å². The molecule has 1 heterocycles. The van der Waals surface area contributed by atoms with E-state index in [1.165, 1.54) is 12.1 Å². The van der Waals surface area contributed by atoms with Crippen molar-refractivity contribution in [3.05, 3.63) is 48.0 Å². The van der Waals surface area contributed by atoms with Gasteiger partial charge in [0.05, 0.1) is 11.3 Å². The number of rotatable bonds is 4. The molecule has 0 aromatic heterocycles. The topological polar surface area (TPSA) is 47.6 Å². The molecule has 126 valence electrons. The normalized spacial score (nSPS) is 13.0. The first-order valence-corrected chi connectivity index (χ1v) is 7.90. The number of hydrogen-bond donors (Lipinski definition) is 1. The maximum absolute atomic E-state index is 12.7. The van der Waals surface area contributed by atoms with Crippen LogP contribution in [0.2, 0.25) is 0 Å². The van der Waals surface area contributed by atoms with Gasteiger partial charge in [-0.3, -0.25) is 4.79 Å². The lowest BCUT2D eigenvalue weighted by molar-refractivity contribution is -0.137. The van der Waals surface area contributed by atoms with Gasteiger partial charge in [-0.25, -0.2) is 0 Å². The second-order valence-electron chi connectivity index (χ2n) is 4.93. The fourth-order valence-corrected chi connectivity index (χ4v) is 2.84. The second kappa shape index (κ2) is 6.64. The van der Waals surface area contributed by atoms with Gasteiger partial charge in [-0.05, 0) is 30.3 Å². The molecule has 1 aliphatic rings. The zero-order valence-corrected chi connectivity index (χ0v) is 13.0. The predicted molar refractivity (Wildman–Crippen MR) is 83.4 cm³/mol. The molecule has 1 N–H and O–H groups in total. The molecule has 3 rings (SSSR count). The molecule has 0 atom stereocenters. The molecule has 8 heteroatoms. The van der Waals surface area contributed by atoms with Gasteiger partial charge in [-0.1, -0.05) is 6.07 Å². The van der Waals surface area contributed by atoms with Crippen LogP contribution in [0.1, 0.15) is 5.56 Å². The number of amides is 1. The first-order valence-electron chi connectivity index (χ1n) is 6.91. The summed E-state index contributed by atoms with van der Waals surface area (Å²) in [6.45, 7) is 0.137. The Balaban J connectivity index is 1.58. The minimum absolute atomic E-state index is 0.00421. The maximum atomic E-state index is 12.7. The highest BCUT2D eigenvalue weighted by atomic mass is 32.2. The number of halogens is 3. The molecule has 0 radical (unpaired) electrons. The van der Waals surface area contributed by atoms with Crippen molar-refractivity contribution in [2.45, 2.75) is 11.1 Å². The summed E-state index contributed by atoms with van der Waals surface area (Å²) in [5.41, 5.74) is -0.197. The molecule has 24 heavy (non-hydrogen) atoms. The van der Waals surface area contributed by atoms with Gasteiger partial charge in [-0.15, -0.1) is 11.8 Å². The van der Waals surface area contributed by atoms with E-state index in [4.69, 9.17) is 9.47 Å². The van der Waals surface area contributed by atoms with Crippen molar-refractivity contribution in [2.75, 3.05) is 17.9 Å². The zero-order valence-electron chi connectivity index (χ0n) is 12.2. The number of hydrogen-bond acceptors (Lipinski definition) is 4. The predicted octanol–water partition coefficient (Wildman–Crippen LogP) is 4.16. The van der Waals surface area contributed by atoms with Crippen molar-refractivity contribution in [2.24, 2.45) is 0 Å². The van der Waals surface area contributed by atoms with E-state index in [0.717, 1.165) is 23.9 Å². The summed E-state index contributed by atoms with van der Waals surface area (Å²) in [5.74, 6) is 0.816. The van der Waals surface area contributed by atoms with Gasteiger partial charge >= 0.3 is 6.18 Å². The van der Waals surface area contributed by atoms with Crippen molar-refractivity contribution in [3.63, 3.8) is 0 Å². The Morgan fingerprint density at radius 3 is 2.71 bits per heavy atom. The van der Waals surface area contributed by atoms with Crippen LogP contribution in [0.25, 0.3) is 0 Å². The molecule has 1 amide bonds. The van der Waals surface area contributed by atoms with Gasteiger partial charge in [0.15, 0.2) is 11.5 Å². The summed E-state index contributed by atoms with van der Waals surface area (Å²) in [5, 5.41) is 2.67. The Bertz CT molecular complexity index is 764. The molecule has 2 aromatic carbocycles. The van der Waals surface area contributed by atoms with E-state index >= 15 is 0 Å². The minimum Gasteiger partial charge on any atom is -0.454 e. The Hall–Kier alpha value is -2.35. The Kier molecular flexibility index (Phi) is 4.57. The molecular formula is C16H12F3NO3S. The van der Waals surface area contributed by atoms with Gasteiger partial charge < -0.3 is 14.8 Å². The summed E-state index contributed by atoms with van der Waals surface area (Å²) in [7, 11) is 0. The lowest BCUT2D eigenvalue weighted by Gasteiger charge is -2.09. The number of ether oxygens (including phenoxy) is 2. The van der Waals surface area contributed by atoms with E-state index in [9.17, 15) is 18.0 Å². The highest BCUT2D eigenvalue weighted by molar-refractivity contribution is 8.00. The van der Waals surface area contributed by atoms with E-state index < -0.39 is 11.7 Å². The fourth-order valence-electron chi connectivity index (χ4n) is 2.08. The lowest BCUT2D eigenvalue weighted by atomic mass is 10.2. The maximum Gasteiger partial charge on any atom is 0.416 e. The first-order chi connectivity index (χ1) is 11.4. The number of anilines is 1. The standard InChI is InChI=1S/C16H12F3NO3S/c17-16(18,19)10-2-1-3-12(6-10)24-8-15(21)20-11-4-5-13-14(7-11)23-9-22-13/h1-7H,8-9H2,(H,20,21). The number of carbonyl (C=O) groups excluding carboxylic acids is 1. The molecule has 0 bridgehead atoms. The number of thioether (sulfide) groups is 1. The quantitative estimate of drug-likeness (QED) is 0.837. The number of benzene rings is 2. The van der Waals surface area contributed by atoms with Gasteiger partial charge in [0.1, 0.15) is 0 Å². The van der Waals surface area contributed by atoms with Crippen LogP contribution in [0.4, 0.5) is 18.9 Å². The number of alkyl halides is 3. The van der Waals surface area contributed by atoms with Crippen LogP contribution in [0.3, 0.4) is 0 Å². The van der Waals surface area contributed by atoms with Crippen LogP contribution in [-0.2, 0) is 11.0 Å². The van der Waals surface area contributed by atoms with Gasteiger partial charge in [0.2, 0.25) is 12.7 Å². The van der Waals surface area contributed by atoms with Gasteiger partial charge in [-0.2, -0.15) is 13.2 Å². The molecule has 0 aliphatic carbocycles. The molecule has 1 aliphatic heterocycles. The summed E-state index contributed by atoms with van der Waals surface area (Å²) in [4.78, 5) is 12.3. The Morgan fingerprint density at radius 2 is 1.92 bits per heavy atom. The smallest absolute Gasteiger partial charge is 0.416 e. The average Bonchev–Trinajstić information content (AvgIpc) is 3.00. The highest BCUT2D eigenvalue weighted by Gasteiger charge is 2.30. The van der Waals surface area contributed by atoms with Crippen LogP contribution < -0.4 is 14.8 Å². The summed E-state index contributed by atoms with van der Waals surface area (Å²) in [6, 6.07) is 9.86. The average molecular weight is 355 g/mol. The first kappa shape index (κ1) is 16.5. The Morgan fingerprint density at radius 1 is 1.12 bits per heavy atom. The lowest BCUT2D eigenvalue weighted by Crippen LogP contribution is -2.14. The third kappa shape index (κ3) is 3.94. The van der Waals surface area contributed by atoms with E-state index in [1.807, 2.05) is 0 Å². The molecule has 0 fully saturated rings. The summed E-state index contributed by atoms with van der Waals surface area (Å²) >= 11 is 1.04. The largest absolute Gasteiger partial charge is 0.454 e. The third-order valence-electron chi connectivity index (χ3n) is 3.19. The highest BCUT2D eigenvalue weighted by Crippen LogP contribution is 2.34. The summed E-state index contributed by atoms with van der Waals surface area (Å²) < 4.78 is 48.3. The minimum atomic E-state index is -4.40. The fraction of sp³-hybridized carbons (Fsp3) is 0.188. The van der Waals surface area contributed by atoms with Gasteiger partial charge in [0.25, 0.3) is 0 Å². The number of carbonyl (C=O) groups is 1. The van der Waals surface area contributed by atoms with Crippen LogP contribution in [-0.4, -0.2) is 18.5 Å².